The van der Waals surface area contributed by atoms with E-state index in [-0.39, 0.29) is 17.3 Å². The molecule has 0 unspecified atom stereocenters. The van der Waals surface area contributed by atoms with Crippen molar-refractivity contribution in [1.29, 1.82) is 0 Å². The summed E-state index contributed by atoms with van der Waals surface area (Å²) in [7, 11) is -3.69. The average molecular weight is 493 g/mol. The lowest BCUT2D eigenvalue weighted by Gasteiger charge is -2.09. The van der Waals surface area contributed by atoms with Crippen molar-refractivity contribution in [3.63, 3.8) is 0 Å². The molecule has 0 saturated heterocycles. The molecule has 11 heteroatoms. The summed E-state index contributed by atoms with van der Waals surface area (Å²) in [6, 6.07) is 14.1. The Kier molecular flexibility index (Phi) is 6.32. The van der Waals surface area contributed by atoms with Crippen molar-refractivity contribution in [3.05, 3.63) is 80.4 Å². The molecule has 1 amide bonds. The SMILES string of the molecule is Cc1cc(NC(=O)CS(=O)(=O)Cc2cccc(Br)c2)n(-c2ccc([N+](=O)[O-])cc2)n1. The summed E-state index contributed by atoms with van der Waals surface area (Å²) >= 11 is 3.29. The monoisotopic (exact) mass is 492 g/mol. The molecule has 1 N–H and O–H groups in total. The van der Waals surface area contributed by atoms with Gasteiger partial charge < -0.3 is 5.32 Å². The molecule has 1 aromatic heterocycles. The molecule has 0 aliphatic rings. The van der Waals surface area contributed by atoms with Gasteiger partial charge in [-0.05, 0) is 36.8 Å². The second-order valence-electron chi connectivity index (χ2n) is 6.57. The van der Waals surface area contributed by atoms with Crippen molar-refractivity contribution in [3.8, 4) is 5.69 Å². The first-order chi connectivity index (χ1) is 14.1. The topological polar surface area (TPSA) is 124 Å². The Bertz CT molecular complexity index is 1210. The third kappa shape index (κ3) is 5.51. The average Bonchev–Trinajstić information content (AvgIpc) is 3.00. The number of nitro benzene ring substituents is 1. The van der Waals surface area contributed by atoms with Gasteiger partial charge in [0, 0.05) is 22.7 Å². The summed E-state index contributed by atoms with van der Waals surface area (Å²) < 4.78 is 27.0. The van der Waals surface area contributed by atoms with Gasteiger partial charge in [-0.2, -0.15) is 5.10 Å². The number of hydrogen-bond donors (Lipinski definition) is 1. The minimum absolute atomic E-state index is 0.0770. The Morgan fingerprint density at radius 2 is 1.90 bits per heavy atom. The fourth-order valence-electron chi connectivity index (χ4n) is 2.81. The van der Waals surface area contributed by atoms with Crippen LogP contribution in [0.2, 0.25) is 0 Å². The van der Waals surface area contributed by atoms with Gasteiger partial charge in [-0.25, -0.2) is 13.1 Å². The number of amides is 1. The Balaban J connectivity index is 1.74. The fraction of sp³-hybridized carbons (Fsp3) is 0.158. The Morgan fingerprint density at radius 3 is 2.53 bits per heavy atom. The summed E-state index contributed by atoms with van der Waals surface area (Å²) in [5.41, 5.74) is 1.57. The number of sulfone groups is 1. The van der Waals surface area contributed by atoms with Gasteiger partial charge in [0.05, 0.1) is 22.1 Å². The molecule has 0 aliphatic carbocycles. The number of halogens is 1. The van der Waals surface area contributed by atoms with Gasteiger partial charge in [0.1, 0.15) is 11.6 Å². The van der Waals surface area contributed by atoms with E-state index in [1.807, 2.05) is 0 Å². The second kappa shape index (κ2) is 8.76. The fourth-order valence-corrected chi connectivity index (χ4v) is 4.52. The van der Waals surface area contributed by atoms with Crippen LogP contribution in [0.25, 0.3) is 5.69 Å². The van der Waals surface area contributed by atoms with Crippen LogP contribution < -0.4 is 5.32 Å². The Morgan fingerprint density at radius 1 is 1.20 bits per heavy atom. The predicted octanol–water partition coefficient (Wildman–Crippen LogP) is 3.40. The van der Waals surface area contributed by atoms with Crippen LogP contribution in [-0.4, -0.2) is 34.8 Å². The summed E-state index contributed by atoms with van der Waals surface area (Å²) in [5, 5.41) is 17.6. The number of non-ortho nitro benzene ring substituents is 1. The highest BCUT2D eigenvalue weighted by atomic mass is 79.9. The van der Waals surface area contributed by atoms with Gasteiger partial charge in [-0.3, -0.25) is 14.9 Å². The number of anilines is 1. The molecule has 3 rings (SSSR count). The number of aromatic nitrogens is 2. The van der Waals surface area contributed by atoms with E-state index in [0.717, 1.165) is 4.47 Å². The van der Waals surface area contributed by atoms with E-state index >= 15 is 0 Å². The summed E-state index contributed by atoms with van der Waals surface area (Å²) in [4.78, 5) is 22.7. The standard InChI is InChI=1S/C19H17BrN4O5S/c1-13-9-18(23(22-13)16-5-7-17(8-6-16)24(26)27)21-19(25)12-30(28,29)11-14-3-2-4-15(20)10-14/h2-10H,11-12H2,1H3,(H,21,25). The van der Waals surface area contributed by atoms with Crippen molar-refractivity contribution >= 4 is 43.2 Å². The molecule has 0 spiro atoms. The minimum Gasteiger partial charge on any atom is -0.310 e. The number of nitro groups is 1. The zero-order valence-electron chi connectivity index (χ0n) is 15.8. The van der Waals surface area contributed by atoms with Crippen LogP contribution in [0.4, 0.5) is 11.5 Å². The number of nitrogens with one attached hydrogen (secondary N) is 1. The van der Waals surface area contributed by atoms with Crippen LogP contribution in [0.15, 0.2) is 59.1 Å². The summed E-state index contributed by atoms with van der Waals surface area (Å²) in [6.07, 6.45) is 0. The highest BCUT2D eigenvalue weighted by Crippen LogP contribution is 2.20. The Hall–Kier alpha value is -3.05. The quantitative estimate of drug-likeness (QED) is 0.398. The van der Waals surface area contributed by atoms with Crippen molar-refractivity contribution in [2.24, 2.45) is 0 Å². The van der Waals surface area contributed by atoms with Crippen LogP contribution in [0.3, 0.4) is 0 Å². The molecule has 0 bridgehead atoms. The molecule has 1 heterocycles. The highest BCUT2D eigenvalue weighted by molar-refractivity contribution is 9.10. The van der Waals surface area contributed by atoms with Gasteiger partial charge in [0.2, 0.25) is 5.91 Å². The maximum absolute atomic E-state index is 12.4. The molecule has 9 nitrogen and oxygen atoms in total. The smallest absolute Gasteiger partial charge is 0.269 e. The van der Waals surface area contributed by atoms with E-state index in [0.29, 0.717) is 16.9 Å². The van der Waals surface area contributed by atoms with Crippen molar-refractivity contribution in [2.45, 2.75) is 12.7 Å². The molecular weight excluding hydrogens is 476 g/mol. The van der Waals surface area contributed by atoms with E-state index in [1.54, 1.807) is 37.3 Å². The van der Waals surface area contributed by atoms with Gasteiger partial charge in [0.25, 0.3) is 5.69 Å². The first-order valence-electron chi connectivity index (χ1n) is 8.69. The van der Waals surface area contributed by atoms with Gasteiger partial charge in [-0.15, -0.1) is 0 Å². The number of carbonyl (C=O) groups excluding carboxylic acids is 1. The van der Waals surface area contributed by atoms with Gasteiger partial charge >= 0.3 is 0 Å². The molecule has 2 aromatic carbocycles. The number of hydrogen-bond acceptors (Lipinski definition) is 6. The van der Waals surface area contributed by atoms with Crippen LogP contribution in [0.1, 0.15) is 11.3 Å². The Labute approximate surface area is 180 Å². The first-order valence-corrected chi connectivity index (χ1v) is 11.3. The second-order valence-corrected chi connectivity index (χ2v) is 9.55. The molecule has 30 heavy (non-hydrogen) atoms. The van der Waals surface area contributed by atoms with Crippen LogP contribution in [0.5, 0.6) is 0 Å². The zero-order chi connectivity index (χ0) is 21.9. The number of rotatable bonds is 7. The van der Waals surface area contributed by atoms with Crippen LogP contribution >= 0.6 is 15.9 Å². The van der Waals surface area contributed by atoms with Crippen molar-refractivity contribution < 1.29 is 18.1 Å². The number of benzene rings is 2. The van der Waals surface area contributed by atoms with Crippen molar-refractivity contribution in [1.82, 2.24) is 9.78 Å². The van der Waals surface area contributed by atoms with Gasteiger partial charge in [-0.1, -0.05) is 28.1 Å². The molecule has 0 saturated carbocycles. The van der Waals surface area contributed by atoms with Crippen LogP contribution in [-0.2, 0) is 20.4 Å². The minimum atomic E-state index is -3.69. The maximum atomic E-state index is 12.4. The van der Waals surface area contributed by atoms with E-state index in [2.05, 4.69) is 26.3 Å². The number of nitrogens with zero attached hydrogens (tertiary/aromatic N) is 3. The molecule has 3 aromatic rings. The van der Waals surface area contributed by atoms with E-state index in [1.165, 1.54) is 28.9 Å². The van der Waals surface area contributed by atoms with E-state index in [9.17, 15) is 23.3 Å². The molecule has 0 radical (unpaired) electrons. The lowest BCUT2D eigenvalue weighted by atomic mass is 10.2. The first kappa shape index (κ1) is 21.7. The molecule has 0 fully saturated rings. The van der Waals surface area contributed by atoms with E-state index < -0.39 is 26.4 Å². The number of aryl methyl sites for hydroxylation is 1. The lowest BCUT2D eigenvalue weighted by molar-refractivity contribution is -0.384. The largest absolute Gasteiger partial charge is 0.310 e. The normalized spacial score (nSPS) is 11.3. The highest BCUT2D eigenvalue weighted by Gasteiger charge is 2.20. The molecule has 156 valence electrons. The predicted molar refractivity (Wildman–Crippen MR) is 115 cm³/mol. The van der Waals surface area contributed by atoms with Crippen LogP contribution in [0, 0.1) is 17.0 Å². The maximum Gasteiger partial charge on any atom is 0.269 e. The summed E-state index contributed by atoms with van der Waals surface area (Å²) in [6.45, 7) is 1.71. The van der Waals surface area contributed by atoms with E-state index in [4.69, 9.17) is 0 Å². The molecule has 0 atom stereocenters. The van der Waals surface area contributed by atoms with Gasteiger partial charge in [0.15, 0.2) is 9.84 Å². The third-order valence-corrected chi connectivity index (χ3v) is 6.00. The third-order valence-electron chi connectivity index (χ3n) is 4.03. The lowest BCUT2D eigenvalue weighted by Crippen LogP contribution is -2.25. The molecular formula is C19H17BrN4O5S. The molecule has 0 aliphatic heterocycles. The number of carbonyl (C=O) groups is 1. The summed E-state index contributed by atoms with van der Waals surface area (Å²) in [5.74, 6) is -1.39. The zero-order valence-corrected chi connectivity index (χ0v) is 18.2. The van der Waals surface area contributed by atoms with Crippen molar-refractivity contribution in [2.75, 3.05) is 11.1 Å².